The van der Waals surface area contributed by atoms with Gasteiger partial charge in [-0.3, -0.25) is 14.4 Å². The number of likely N-dealkylation sites (N-methyl/N-ethyl adjacent to an activating group) is 1. The molecule has 1 saturated carbocycles. The number of nitrogens with one attached hydrogen (secondary N) is 1. The van der Waals surface area contributed by atoms with Crippen LogP contribution in [0, 0.1) is 11.8 Å². The Balaban J connectivity index is 1.47. The van der Waals surface area contributed by atoms with Crippen LogP contribution >= 0.6 is 0 Å². The minimum absolute atomic E-state index is 0.0663. The zero-order valence-corrected chi connectivity index (χ0v) is 14.7. The molecule has 1 aliphatic heterocycles. The molecule has 2 aliphatic rings. The van der Waals surface area contributed by atoms with Gasteiger partial charge in [-0.15, -0.1) is 0 Å². The van der Waals surface area contributed by atoms with Crippen molar-refractivity contribution in [2.24, 2.45) is 11.8 Å². The van der Waals surface area contributed by atoms with Crippen LogP contribution in [-0.4, -0.2) is 46.1 Å². The Kier molecular flexibility index (Phi) is 4.22. The lowest BCUT2D eigenvalue weighted by Crippen LogP contribution is -2.40. The third kappa shape index (κ3) is 2.98. The molecule has 2 aromatic rings. The Morgan fingerprint density at radius 3 is 2.88 bits per heavy atom. The lowest BCUT2D eigenvalue weighted by Gasteiger charge is -2.25. The normalized spacial score (nSPS) is 25.0. The first kappa shape index (κ1) is 16.8. The Morgan fingerprint density at radius 1 is 1.27 bits per heavy atom. The van der Waals surface area contributed by atoms with Crippen molar-refractivity contribution in [1.29, 1.82) is 0 Å². The third-order valence-corrected chi connectivity index (χ3v) is 5.81. The fourth-order valence-electron chi connectivity index (χ4n) is 4.24. The molecule has 1 saturated heterocycles. The summed E-state index contributed by atoms with van der Waals surface area (Å²) >= 11 is 0. The largest absolute Gasteiger partial charge is 0.356 e. The second kappa shape index (κ2) is 6.55. The minimum atomic E-state index is -0.250. The van der Waals surface area contributed by atoms with Crippen molar-refractivity contribution in [1.82, 2.24) is 20.0 Å². The Morgan fingerprint density at radius 2 is 2.04 bits per heavy atom. The molecule has 1 aromatic heterocycles. The Labute approximate surface area is 151 Å². The second-order valence-electron chi connectivity index (χ2n) is 7.35. The average Bonchev–Trinajstić information content (AvgIpc) is 3.06. The maximum absolute atomic E-state index is 12.7. The molecule has 2 fully saturated rings. The van der Waals surface area contributed by atoms with Crippen LogP contribution in [0.15, 0.2) is 35.3 Å². The molecule has 4 rings (SSSR count). The number of hydrogen-bond acceptors (Lipinski definition) is 4. The SMILES string of the molecule is CN(C(=O)Cn1ncc2ccccc2c1=O)[C@H]1C[C@H]2CNC(=O)C[C@H]2C1. The summed E-state index contributed by atoms with van der Waals surface area (Å²) < 4.78 is 1.23. The Hall–Kier alpha value is -2.70. The van der Waals surface area contributed by atoms with Gasteiger partial charge in [0.2, 0.25) is 11.8 Å². The van der Waals surface area contributed by atoms with Crippen molar-refractivity contribution in [2.45, 2.75) is 31.8 Å². The van der Waals surface area contributed by atoms with Gasteiger partial charge >= 0.3 is 0 Å². The molecule has 7 nitrogen and oxygen atoms in total. The van der Waals surface area contributed by atoms with Crippen LogP contribution < -0.4 is 10.9 Å². The number of carbonyl (C=O) groups excluding carboxylic acids is 2. The number of fused-ring (bicyclic) bond motifs is 2. The molecule has 0 unspecified atom stereocenters. The van der Waals surface area contributed by atoms with E-state index in [0.717, 1.165) is 18.2 Å². The topological polar surface area (TPSA) is 84.3 Å². The van der Waals surface area contributed by atoms with Crippen LogP contribution in [0.5, 0.6) is 0 Å². The molecule has 7 heteroatoms. The molecule has 0 bridgehead atoms. The summed E-state index contributed by atoms with van der Waals surface area (Å²) in [5, 5.41) is 8.38. The predicted molar refractivity (Wildman–Crippen MR) is 96.4 cm³/mol. The molecule has 0 spiro atoms. The molecule has 136 valence electrons. The lowest BCUT2D eigenvalue weighted by atomic mass is 9.89. The van der Waals surface area contributed by atoms with Gasteiger partial charge in [0.15, 0.2) is 0 Å². The molecule has 3 atom stereocenters. The van der Waals surface area contributed by atoms with E-state index in [1.165, 1.54) is 4.68 Å². The molecule has 2 amide bonds. The van der Waals surface area contributed by atoms with Gasteiger partial charge in [0, 0.05) is 31.4 Å². The number of rotatable bonds is 3. The quantitative estimate of drug-likeness (QED) is 0.882. The van der Waals surface area contributed by atoms with Crippen molar-refractivity contribution in [3.8, 4) is 0 Å². The fourth-order valence-corrected chi connectivity index (χ4v) is 4.24. The number of piperidine rings is 1. The first-order chi connectivity index (χ1) is 12.5. The highest BCUT2D eigenvalue weighted by molar-refractivity contribution is 5.81. The van der Waals surface area contributed by atoms with Gasteiger partial charge in [-0.1, -0.05) is 18.2 Å². The van der Waals surface area contributed by atoms with Crippen molar-refractivity contribution in [3.63, 3.8) is 0 Å². The van der Waals surface area contributed by atoms with E-state index in [0.29, 0.717) is 30.2 Å². The maximum atomic E-state index is 12.7. The van der Waals surface area contributed by atoms with Crippen LogP contribution in [0.2, 0.25) is 0 Å². The average molecular weight is 354 g/mol. The number of carbonyl (C=O) groups is 2. The molecule has 2 heterocycles. The van der Waals surface area contributed by atoms with Gasteiger partial charge in [0.05, 0.1) is 11.6 Å². The highest BCUT2D eigenvalue weighted by Gasteiger charge is 2.40. The maximum Gasteiger partial charge on any atom is 0.275 e. The van der Waals surface area contributed by atoms with Crippen LogP contribution in [0.4, 0.5) is 0 Å². The van der Waals surface area contributed by atoms with Gasteiger partial charge in [0.1, 0.15) is 6.54 Å². The van der Waals surface area contributed by atoms with Gasteiger partial charge in [-0.05, 0) is 30.7 Å². The van der Waals surface area contributed by atoms with E-state index >= 15 is 0 Å². The van der Waals surface area contributed by atoms with Gasteiger partial charge in [-0.25, -0.2) is 4.68 Å². The summed E-state index contributed by atoms with van der Waals surface area (Å²) in [4.78, 5) is 38.5. The number of amides is 2. The second-order valence-corrected chi connectivity index (χ2v) is 7.35. The van der Waals surface area contributed by atoms with Gasteiger partial charge < -0.3 is 10.2 Å². The molecule has 1 aliphatic carbocycles. The zero-order chi connectivity index (χ0) is 18.3. The summed E-state index contributed by atoms with van der Waals surface area (Å²) in [6.45, 7) is 0.636. The summed E-state index contributed by atoms with van der Waals surface area (Å²) in [7, 11) is 1.78. The summed E-state index contributed by atoms with van der Waals surface area (Å²) in [5.41, 5.74) is -0.250. The number of benzene rings is 1. The smallest absolute Gasteiger partial charge is 0.275 e. The minimum Gasteiger partial charge on any atom is -0.356 e. The molecule has 26 heavy (non-hydrogen) atoms. The zero-order valence-electron chi connectivity index (χ0n) is 14.7. The van der Waals surface area contributed by atoms with Crippen molar-refractivity contribution >= 4 is 22.6 Å². The van der Waals surface area contributed by atoms with Crippen LogP contribution in [0.3, 0.4) is 0 Å². The van der Waals surface area contributed by atoms with Crippen molar-refractivity contribution < 1.29 is 9.59 Å². The summed E-state index contributed by atoms with van der Waals surface area (Å²) in [6, 6.07) is 7.35. The van der Waals surface area contributed by atoms with Crippen molar-refractivity contribution in [2.75, 3.05) is 13.6 Å². The van der Waals surface area contributed by atoms with E-state index in [1.807, 2.05) is 12.1 Å². The molecule has 0 radical (unpaired) electrons. The highest BCUT2D eigenvalue weighted by Crippen LogP contribution is 2.38. The van der Waals surface area contributed by atoms with E-state index in [9.17, 15) is 14.4 Å². The fraction of sp³-hybridized carbons (Fsp3) is 0.474. The van der Waals surface area contributed by atoms with Gasteiger partial charge in [0.25, 0.3) is 5.56 Å². The van der Waals surface area contributed by atoms with E-state index in [-0.39, 0.29) is 30.0 Å². The first-order valence-electron chi connectivity index (χ1n) is 9.00. The molecule has 1 N–H and O–H groups in total. The molecule has 1 aromatic carbocycles. The third-order valence-electron chi connectivity index (χ3n) is 5.81. The first-order valence-corrected chi connectivity index (χ1v) is 9.00. The molecular formula is C19H22N4O3. The number of hydrogen-bond donors (Lipinski definition) is 1. The van der Waals surface area contributed by atoms with Crippen LogP contribution in [0.25, 0.3) is 10.8 Å². The highest BCUT2D eigenvalue weighted by atomic mass is 16.2. The van der Waals surface area contributed by atoms with E-state index < -0.39 is 0 Å². The molecular weight excluding hydrogens is 332 g/mol. The van der Waals surface area contributed by atoms with E-state index in [1.54, 1.807) is 30.3 Å². The Bertz CT molecular complexity index is 922. The van der Waals surface area contributed by atoms with Crippen LogP contribution in [-0.2, 0) is 16.1 Å². The standard InChI is InChI=1S/C19H22N4O3/c1-22(15-6-13-8-17(24)20-9-14(13)7-15)18(25)11-23-19(26)16-5-3-2-4-12(16)10-21-23/h2-5,10,13-15H,6-9,11H2,1H3,(H,20,24)/t13-,14+,15-/m1/s1. The number of aromatic nitrogens is 2. The summed E-state index contributed by atoms with van der Waals surface area (Å²) in [5.74, 6) is 0.769. The van der Waals surface area contributed by atoms with Crippen molar-refractivity contribution in [3.05, 3.63) is 40.8 Å². The van der Waals surface area contributed by atoms with Gasteiger partial charge in [-0.2, -0.15) is 5.10 Å². The predicted octanol–water partition coefficient (Wildman–Crippen LogP) is 0.770. The van der Waals surface area contributed by atoms with E-state index in [4.69, 9.17) is 0 Å². The monoisotopic (exact) mass is 354 g/mol. The summed E-state index contributed by atoms with van der Waals surface area (Å²) in [6.07, 6.45) is 3.91. The van der Waals surface area contributed by atoms with E-state index in [2.05, 4.69) is 10.4 Å². The lowest BCUT2D eigenvalue weighted by molar-refractivity contribution is -0.132. The van der Waals surface area contributed by atoms with Crippen LogP contribution in [0.1, 0.15) is 19.3 Å². The number of nitrogens with zero attached hydrogens (tertiary/aromatic N) is 3.